The maximum atomic E-state index is 12.3. The van der Waals surface area contributed by atoms with Gasteiger partial charge < -0.3 is 25.8 Å². The Hall–Kier alpha value is -4.16. The van der Waals surface area contributed by atoms with E-state index in [1.54, 1.807) is 24.3 Å². The average molecular weight is 465 g/mol. The molecule has 2 unspecified atom stereocenters. The van der Waals surface area contributed by atoms with Crippen molar-refractivity contribution in [1.29, 1.82) is 0 Å². The lowest BCUT2D eigenvalue weighted by atomic mass is 10.2. The maximum absolute atomic E-state index is 12.3. The maximum Gasteiger partial charge on any atom is 0.408 e. The second-order valence-electron chi connectivity index (χ2n) is 6.71. The molecule has 0 aliphatic heterocycles. The van der Waals surface area contributed by atoms with Gasteiger partial charge in [0.05, 0.1) is 6.61 Å². The quantitative estimate of drug-likeness (QED) is 0.197. The van der Waals surface area contributed by atoms with Crippen molar-refractivity contribution >= 4 is 35.7 Å². The number of carbonyl (C=O) groups is 6. The van der Waals surface area contributed by atoms with E-state index in [-0.39, 0.29) is 13.2 Å². The Labute approximate surface area is 189 Å². The molecule has 0 saturated carbocycles. The van der Waals surface area contributed by atoms with E-state index in [1.165, 1.54) is 20.8 Å². The molecule has 0 aliphatic rings. The van der Waals surface area contributed by atoms with E-state index in [0.29, 0.717) is 5.01 Å². The lowest BCUT2D eigenvalue weighted by molar-refractivity contribution is -0.163. The first-order valence-electron chi connectivity index (χ1n) is 9.90. The van der Waals surface area contributed by atoms with Gasteiger partial charge >= 0.3 is 18.0 Å². The summed E-state index contributed by atoms with van der Waals surface area (Å²) in [5.74, 6) is -5.29. The second kappa shape index (κ2) is 13.3. The van der Waals surface area contributed by atoms with Gasteiger partial charge in [0.1, 0.15) is 25.2 Å². The van der Waals surface area contributed by atoms with Crippen LogP contribution >= 0.6 is 0 Å². The molecule has 13 heteroatoms. The summed E-state index contributed by atoms with van der Waals surface area (Å²) in [5.41, 5.74) is 7.81. The third-order valence-corrected chi connectivity index (χ3v) is 3.95. The SMILES string of the molecule is CCOC(=O)C(=O)N(CC(N)=O)NC(=O)C(C)NC(=O)C(C)NC(=O)OCc1ccccc1. The number of rotatable bonds is 9. The van der Waals surface area contributed by atoms with Gasteiger partial charge in [0.2, 0.25) is 11.8 Å². The summed E-state index contributed by atoms with van der Waals surface area (Å²) in [6, 6.07) is 6.62. The standard InChI is InChI=1S/C20H27N5O8/c1-4-32-19(30)18(29)25(10-15(21)26)24-17(28)13(3)22-16(27)12(2)23-20(31)33-11-14-8-6-5-7-9-14/h5-9,12-13H,4,10-11H2,1-3H3,(H2,21,26)(H,22,27)(H,23,31)(H,24,28). The first kappa shape index (κ1) is 26.9. The molecule has 0 aromatic heterocycles. The molecule has 0 bridgehead atoms. The largest absolute Gasteiger partial charge is 0.459 e. The van der Waals surface area contributed by atoms with Crippen LogP contribution in [0.2, 0.25) is 0 Å². The van der Waals surface area contributed by atoms with Gasteiger partial charge in [0.15, 0.2) is 0 Å². The lowest BCUT2D eigenvalue weighted by Crippen LogP contribution is -2.58. The molecular weight excluding hydrogens is 438 g/mol. The molecule has 0 saturated heterocycles. The summed E-state index contributed by atoms with van der Waals surface area (Å²) >= 11 is 0. The number of ether oxygens (including phenoxy) is 2. The van der Waals surface area contributed by atoms with Gasteiger partial charge in [-0.05, 0) is 26.3 Å². The molecule has 180 valence electrons. The number of hydrogen-bond donors (Lipinski definition) is 4. The van der Waals surface area contributed by atoms with Gasteiger partial charge in [-0.2, -0.15) is 0 Å². The smallest absolute Gasteiger partial charge is 0.408 e. The molecule has 0 aliphatic carbocycles. The number of primary amides is 1. The van der Waals surface area contributed by atoms with Crippen LogP contribution in [-0.4, -0.2) is 65.9 Å². The summed E-state index contributed by atoms with van der Waals surface area (Å²) in [6.07, 6.45) is -0.841. The first-order valence-corrected chi connectivity index (χ1v) is 9.90. The molecule has 0 heterocycles. The number of alkyl carbamates (subject to hydrolysis) is 1. The summed E-state index contributed by atoms with van der Waals surface area (Å²) in [7, 11) is 0. The van der Waals surface area contributed by atoms with Crippen molar-refractivity contribution in [3.05, 3.63) is 35.9 Å². The summed E-state index contributed by atoms with van der Waals surface area (Å²) < 4.78 is 9.55. The summed E-state index contributed by atoms with van der Waals surface area (Å²) in [5, 5.41) is 5.02. The third-order valence-electron chi connectivity index (χ3n) is 3.95. The van der Waals surface area contributed by atoms with Crippen molar-refractivity contribution in [2.24, 2.45) is 5.73 Å². The van der Waals surface area contributed by atoms with Crippen LogP contribution in [0.1, 0.15) is 26.3 Å². The number of carbonyl (C=O) groups excluding carboxylic acids is 6. The fourth-order valence-electron chi connectivity index (χ4n) is 2.26. The number of hydrazine groups is 1. The van der Waals surface area contributed by atoms with Crippen molar-refractivity contribution in [2.75, 3.05) is 13.2 Å². The number of nitrogens with one attached hydrogen (secondary N) is 3. The Bertz CT molecular complexity index is 876. The van der Waals surface area contributed by atoms with Crippen molar-refractivity contribution < 1.29 is 38.2 Å². The van der Waals surface area contributed by atoms with Gasteiger partial charge in [-0.25, -0.2) is 14.6 Å². The zero-order valence-corrected chi connectivity index (χ0v) is 18.5. The molecule has 1 aromatic rings. The first-order chi connectivity index (χ1) is 15.5. The molecule has 0 radical (unpaired) electrons. The number of esters is 1. The Morgan fingerprint density at radius 2 is 1.55 bits per heavy atom. The number of hydrogen-bond acceptors (Lipinski definition) is 8. The van der Waals surface area contributed by atoms with E-state index in [0.717, 1.165) is 5.56 Å². The van der Waals surface area contributed by atoms with E-state index in [1.807, 2.05) is 11.5 Å². The summed E-state index contributed by atoms with van der Waals surface area (Å²) in [4.78, 5) is 71.2. The van der Waals surface area contributed by atoms with Crippen LogP contribution in [0.4, 0.5) is 4.79 Å². The lowest BCUT2D eigenvalue weighted by Gasteiger charge is -2.24. The Kier molecular flexibility index (Phi) is 10.8. The molecule has 33 heavy (non-hydrogen) atoms. The van der Waals surface area contributed by atoms with Crippen molar-refractivity contribution in [3.63, 3.8) is 0 Å². The molecule has 0 spiro atoms. The van der Waals surface area contributed by atoms with Crippen molar-refractivity contribution in [3.8, 4) is 0 Å². The Morgan fingerprint density at radius 1 is 0.939 bits per heavy atom. The molecule has 5 amide bonds. The van der Waals surface area contributed by atoms with Gasteiger partial charge in [-0.3, -0.25) is 24.6 Å². The predicted molar refractivity (Wildman–Crippen MR) is 113 cm³/mol. The van der Waals surface area contributed by atoms with E-state index in [9.17, 15) is 28.8 Å². The Balaban J connectivity index is 2.59. The minimum Gasteiger partial charge on any atom is -0.459 e. The van der Waals surface area contributed by atoms with Crippen LogP contribution in [0.25, 0.3) is 0 Å². The van der Waals surface area contributed by atoms with Crippen LogP contribution in [0.15, 0.2) is 30.3 Å². The highest BCUT2D eigenvalue weighted by Crippen LogP contribution is 2.01. The molecular formula is C20H27N5O8. The number of nitrogens with two attached hydrogens (primary N) is 1. The van der Waals surface area contributed by atoms with E-state index in [4.69, 9.17) is 10.5 Å². The van der Waals surface area contributed by atoms with Crippen LogP contribution in [-0.2, 0) is 40.1 Å². The fourth-order valence-corrected chi connectivity index (χ4v) is 2.26. The normalized spacial score (nSPS) is 11.8. The molecule has 2 atom stereocenters. The number of nitrogens with zero attached hydrogens (tertiary/aromatic N) is 1. The highest BCUT2D eigenvalue weighted by molar-refractivity contribution is 6.32. The minimum absolute atomic E-state index is 0.00398. The summed E-state index contributed by atoms with van der Waals surface area (Å²) in [6.45, 7) is 3.22. The monoisotopic (exact) mass is 465 g/mol. The van der Waals surface area contributed by atoms with Crippen LogP contribution < -0.4 is 21.8 Å². The molecule has 0 fully saturated rings. The minimum atomic E-state index is -1.32. The molecule has 1 aromatic carbocycles. The molecule has 13 nitrogen and oxygen atoms in total. The van der Waals surface area contributed by atoms with Crippen molar-refractivity contribution in [2.45, 2.75) is 39.5 Å². The molecule has 5 N–H and O–H groups in total. The van der Waals surface area contributed by atoms with Gasteiger partial charge in [-0.1, -0.05) is 30.3 Å². The van der Waals surface area contributed by atoms with Crippen LogP contribution in [0.3, 0.4) is 0 Å². The number of benzene rings is 1. The van der Waals surface area contributed by atoms with E-state index in [2.05, 4.69) is 15.4 Å². The average Bonchev–Trinajstić information content (AvgIpc) is 2.77. The van der Waals surface area contributed by atoms with Gasteiger partial charge in [0.25, 0.3) is 5.91 Å². The van der Waals surface area contributed by atoms with Crippen LogP contribution in [0.5, 0.6) is 0 Å². The van der Waals surface area contributed by atoms with Gasteiger partial charge in [-0.15, -0.1) is 0 Å². The van der Waals surface area contributed by atoms with E-state index < -0.39 is 54.3 Å². The molecule has 1 rings (SSSR count). The van der Waals surface area contributed by atoms with Crippen molar-refractivity contribution in [1.82, 2.24) is 21.1 Å². The predicted octanol–water partition coefficient (Wildman–Crippen LogP) is -1.29. The van der Waals surface area contributed by atoms with Crippen LogP contribution in [0, 0.1) is 0 Å². The third kappa shape index (κ3) is 9.67. The highest BCUT2D eigenvalue weighted by Gasteiger charge is 2.29. The number of amides is 5. The topological polar surface area (TPSA) is 186 Å². The Morgan fingerprint density at radius 3 is 2.12 bits per heavy atom. The second-order valence-corrected chi connectivity index (χ2v) is 6.71. The zero-order chi connectivity index (χ0) is 25.0. The van der Waals surface area contributed by atoms with Gasteiger partial charge in [0, 0.05) is 0 Å². The van der Waals surface area contributed by atoms with E-state index >= 15 is 0 Å². The highest BCUT2D eigenvalue weighted by atomic mass is 16.5. The zero-order valence-electron chi connectivity index (χ0n) is 18.5. The fraction of sp³-hybridized carbons (Fsp3) is 0.400.